The summed E-state index contributed by atoms with van der Waals surface area (Å²) in [6.45, 7) is 0.203. The highest BCUT2D eigenvalue weighted by molar-refractivity contribution is 5.89. The lowest BCUT2D eigenvalue weighted by Crippen LogP contribution is -2.40. The van der Waals surface area contributed by atoms with Gasteiger partial charge in [0.05, 0.1) is 5.56 Å². The molecule has 0 saturated carbocycles. The van der Waals surface area contributed by atoms with Crippen LogP contribution in [-0.2, 0) is 25.4 Å². The van der Waals surface area contributed by atoms with E-state index in [1.807, 2.05) is 0 Å². The third kappa shape index (κ3) is 4.93. The van der Waals surface area contributed by atoms with Gasteiger partial charge in [0.2, 0.25) is 0 Å². The fraction of sp³-hybridized carbons (Fsp3) is 0.400. The van der Waals surface area contributed by atoms with Gasteiger partial charge in [-0.05, 0) is 12.1 Å². The molecule has 2 aromatic rings. The summed E-state index contributed by atoms with van der Waals surface area (Å²) in [6, 6.07) is 5.14. The fourth-order valence-corrected chi connectivity index (χ4v) is 3.30. The molecule has 1 aliphatic heterocycles. The van der Waals surface area contributed by atoms with E-state index < -0.39 is 60.2 Å². The smallest absolute Gasteiger partial charge is 0.341 e. The zero-order valence-corrected chi connectivity index (χ0v) is 16.9. The van der Waals surface area contributed by atoms with Crippen LogP contribution in [0.25, 0.3) is 0 Å². The maximum atomic E-state index is 13.8. The van der Waals surface area contributed by atoms with E-state index in [0.717, 1.165) is 23.8 Å². The van der Waals surface area contributed by atoms with E-state index in [9.17, 15) is 28.7 Å². The zero-order chi connectivity index (χ0) is 23.4. The van der Waals surface area contributed by atoms with Crippen molar-refractivity contribution in [2.24, 2.45) is 0 Å². The largest absolute Gasteiger partial charge is 0.459 e. The van der Waals surface area contributed by atoms with E-state index in [1.165, 1.54) is 18.2 Å². The van der Waals surface area contributed by atoms with Crippen molar-refractivity contribution in [1.29, 1.82) is 0 Å². The molecule has 11 nitrogen and oxygen atoms in total. The molecule has 0 radical (unpaired) electrons. The number of H-pyrrole nitrogens is 1. The number of benzene rings is 1. The van der Waals surface area contributed by atoms with Crippen LogP contribution < -0.4 is 11.2 Å². The number of hydrogen-bond donors (Lipinski definition) is 3. The molecule has 1 aliphatic rings. The summed E-state index contributed by atoms with van der Waals surface area (Å²) >= 11 is 0. The number of nitrogens with zero attached hydrogens (tertiary/aromatic N) is 1. The van der Waals surface area contributed by atoms with Crippen molar-refractivity contribution >= 4 is 11.9 Å². The molecule has 0 aliphatic carbocycles. The summed E-state index contributed by atoms with van der Waals surface area (Å²) in [6.07, 6.45) is -4.44. The van der Waals surface area contributed by atoms with Gasteiger partial charge in [0.15, 0.2) is 12.3 Å². The van der Waals surface area contributed by atoms with Gasteiger partial charge in [-0.1, -0.05) is 12.1 Å². The predicted octanol–water partition coefficient (Wildman–Crippen LogP) is -0.742. The molecule has 3 N–H and O–H groups in total. The number of carbonyl (C=O) groups excluding carboxylic acids is 2. The van der Waals surface area contributed by atoms with Crippen LogP contribution in [0.15, 0.2) is 40.1 Å². The first-order chi connectivity index (χ1) is 15.2. The second-order valence-corrected chi connectivity index (χ2v) is 7.00. The quantitative estimate of drug-likeness (QED) is 0.460. The number of aromatic amines is 1. The van der Waals surface area contributed by atoms with Gasteiger partial charge in [0.1, 0.15) is 24.6 Å². The monoisotopic (exact) mass is 452 g/mol. The number of aliphatic hydroxyl groups is 2. The Morgan fingerprint density at radius 1 is 1.28 bits per heavy atom. The molecule has 12 heteroatoms. The van der Waals surface area contributed by atoms with Gasteiger partial charge in [-0.2, -0.15) is 0 Å². The molecule has 0 bridgehead atoms. The molecule has 0 amide bonds. The van der Waals surface area contributed by atoms with Crippen molar-refractivity contribution in [2.45, 2.75) is 37.9 Å². The summed E-state index contributed by atoms with van der Waals surface area (Å²) in [5.41, 5.74) is -1.88. The van der Waals surface area contributed by atoms with Crippen molar-refractivity contribution in [3.8, 4) is 0 Å². The molecule has 4 atom stereocenters. The van der Waals surface area contributed by atoms with Gasteiger partial charge in [-0.25, -0.2) is 14.0 Å². The second kappa shape index (κ2) is 9.85. The second-order valence-electron chi connectivity index (χ2n) is 7.00. The SMILES string of the molecule is CC(=O)O[C@H]1[C@H](O)[C@H](n2cc(CCO)c(=O)[nH]c2=O)O[C@@H]1COC(=O)c1ccccc1F. The average molecular weight is 452 g/mol. The van der Waals surface area contributed by atoms with Gasteiger partial charge in [-0.15, -0.1) is 0 Å². The van der Waals surface area contributed by atoms with Crippen molar-refractivity contribution < 1.29 is 38.4 Å². The molecular formula is C20H21FN2O9. The van der Waals surface area contributed by atoms with Crippen molar-refractivity contribution in [2.75, 3.05) is 13.2 Å². The number of ether oxygens (including phenoxy) is 3. The normalized spacial score (nSPS) is 22.5. The summed E-state index contributed by atoms with van der Waals surface area (Å²) in [7, 11) is 0. The average Bonchev–Trinajstić information content (AvgIpc) is 3.03. The highest BCUT2D eigenvalue weighted by Crippen LogP contribution is 2.31. The maximum absolute atomic E-state index is 13.8. The van der Waals surface area contributed by atoms with Gasteiger partial charge in [-0.3, -0.25) is 19.1 Å². The third-order valence-electron chi connectivity index (χ3n) is 4.78. The molecule has 1 aromatic heterocycles. The van der Waals surface area contributed by atoms with E-state index in [-0.39, 0.29) is 24.2 Å². The Bertz CT molecular complexity index is 1110. The molecule has 3 rings (SSSR count). The minimum Gasteiger partial charge on any atom is -0.459 e. The standard InChI is InChI=1S/C20H21FN2O9/c1-10(25)31-16-14(9-30-19(28)12-4-2-3-5-13(12)21)32-18(15(16)26)23-8-11(6-7-24)17(27)22-20(23)29/h2-5,8,14-16,18,24,26H,6-7,9H2,1H3,(H,22,27,29)/t14-,15+,16-,18-/m1/s1. The summed E-state index contributed by atoms with van der Waals surface area (Å²) in [4.78, 5) is 49.9. The molecular weight excluding hydrogens is 431 g/mol. The number of rotatable bonds is 7. The highest BCUT2D eigenvalue weighted by atomic mass is 19.1. The van der Waals surface area contributed by atoms with Crippen LogP contribution in [0.4, 0.5) is 4.39 Å². The van der Waals surface area contributed by atoms with E-state index in [2.05, 4.69) is 4.98 Å². The number of esters is 2. The number of hydrogen-bond acceptors (Lipinski definition) is 9. The van der Waals surface area contributed by atoms with Crippen LogP contribution in [0, 0.1) is 5.82 Å². The topological polar surface area (TPSA) is 157 Å². The van der Waals surface area contributed by atoms with E-state index in [4.69, 9.17) is 19.3 Å². The van der Waals surface area contributed by atoms with Crippen LogP contribution in [0.3, 0.4) is 0 Å². The van der Waals surface area contributed by atoms with Gasteiger partial charge in [0, 0.05) is 31.7 Å². The Morgan fingerprint density at radius 2 is 2.00 bits per heavy atom. The number of nitrogens with one attached hydrogen (secondary N) is 1. The highest BCUT2D eigenvalue weighted by Gasteiger charge is 2.48. The molecule has 0 spiro atoms. The molecule has 1 aromatic carbocycles. The molecule has 172 valence electrons. The summed E-state index contributed by atoms with van der Waals surface area (Å²) < 4.78 is 30.4. The maximum Gasteiger partial charge on any atom is 0.341 e. The molecule has 1 fully saturated rings. The minimum absolute atomic E-state index is 0.0568. The van der Waals surface area contributed by atoms with Crippen LogP contribution in [0.1, 0.15) is 29.1 Å². The van der Waals surface area contributed by atoms with E-state index in [1.54, 1.807) is 0 Å². The van der Waals surface area contributed by atoms with E-state index in [0.29, 0.717) is 0 Å². The molecule has 2 heterocycles. The predicted molar refractivity (Wildman–Crippen MR) is 104 cm³/mol. The first-order valence-electron chi connectivity index (χ1n) is 9.60. The number of halogens is 1. The van der Waals surface area contributed by atoms with Crippen molar-refractivity contribution in [1.82, 2.24) is 9.55 Å². The van der Waals surface area contributed by atoms with Crippen molar-refractivity contribution in [3.05, 3.63) is 68.2 Å². The Morgan fingerprint density at radius 3 is 2.66 bits per heavy atom. The fourth-order valence-electron chi connectivity index (χ4n) is 3.30. The minimum atomic E-state index is -1.57. The van der Waals surface area contributed by atoms with Gasteiger partial charge < -0.3 is 24.4 Å². The molecule has 0 unspecified atom stereocenters. The Balaban J connectivity index is 1.84. The van der Waals surface area contributed by atoms with Crippen LogP contribution in [0.2, 0.25) is 0 Å². The lowest BCUT2D eigenvalue weighted by molar-refractivity contribution is -0.153. The lowest BCUT2D eigenvalue weighted by Gasteiger charge is -2.20. The Hall–Kier alpha value is -3.35. The van der Waals surface area contributed by atoms with Crippen LogP contribution in [0.5, 0.6) is 0 Å². The van der Waals surface area contributed by atoms with Crippen molar-refractivity contribution in [3.63, 3.8) is 0 Å². The van der Waals surface area contributed by atoms with Crippen LogP contribution >= 0.6 is 0 Å². The number of carbonyl (C=O) groups is 2. The zero-order valence-electron chi connectivity index (χ0n) is 16.9. The first-order valence-corrected chi connectivity index (χ1v) is 9.60. The molecule has 1 saturated heterocycles. The third-order valence-corrected chi connectivity index (χ3v) is 4.78. The Kier molecular flexibility index (Phi) is 7.18. The summed E-state index contributed by atoms with van der Waals surface area (Å²) in [5.74, 6) is -2.56. The van der Waals surface area contributed by atoms with E-state index >= 15 is 0 Å². The van der Waals surface area contributed by atoms with Crippen LogP contribution in [-0.4, -0.2) is 63.2 Å². The number of aromatic nitrogens is 2. The van der Waals surface area contributed by atoms with Gasteiger partial charge >= 0.3 is 17.6 Å². The van der Waals surface area contributed by atoms with Gasteiger partial charge in [0.25, 0.3) is 5.56 Å². The first kappa shape index (κ1) is 23.3. The number of aliphatic hydroxyl groups excluding tert-OH is 2. The lowest BCUT2D eigenvalue weighted by atomic mass is 10.1. The Labute approximate surface area is 180 Å². The molecule has 32 heavy (non-hydrogen) atoms. The summed E-state index contributed by atoms with van der Waals surface area (Å²) in [5, 5.41) is 19.7.